The van der Waals surface area contributed by atoms with Crippen molar-refractivity contribution in [1.82, 2.24) is 9.80 Å². The fourth-order valence-electron chi connectivity index (χ4n) is 7.84. The minimum absolute atomic E-state index is 0.0669. The van der Waals surface area contributed by atoms with E-state index in [1.807, 2.05) is 0 Å². The normalized spacial score (nSPS) is 41.7. The van der Waals surface area contributed by atoms with Gasteiger partial charge in [-0.15, -0.1) is 0 Å². The maximum Gasteiger partial charge on any atom is 0.232 e. The molecule has 152 valence electrons. The van der Waals surface area contributed by atoms with Gasteiger partial charge in [0.2, 0.25) is 11.8 Å². The summed E-state index contributed by atoms with van der Waals surface area (Å²) < 4.78 is 0. The molecule has 4 rings (SSSR count). The van der Waals surface area contributed by atoms with Crippen molar-refractivity contribution in [2.24, 2.45) is 21.7 Å². The van der Waals surface area contributed by atoms with Crippen LogP contribution in [0.3, 0.4) is 0 Å². The van der Waals surface area contributed by atoms with E-state index in [-0.39, 0.29) is 29.1 Å². The van der Waals surface area contributed by atoms with Crippen LogP contribution in [0.4, 0.5) is 0 Å². The number of likely N-dealkylation sites (tertiary alicyclic amines) is 2. The molecule has 0 unspecified atom stereocenters. The fraction of sp³-hybridized carbons (Fsp3) is 0.913. The molecule has 27 heavy (non-hydrogen) atoms. The second-order valence-corrected chi connectivity index (χ2v) is 12.6. The third-order valence-corrected chi connectivity index (χ3v) is 7.77. The van der Waals surface area contributed by atoms with Crippen molar-refractivity contribution in [1.29, 1.82) is 0 Å². The average molecular weight is 375 g/mol. The number of hydrogen-bond donors (Lipinski definition) is 0. The topological polar surface area (TPSA) is 40.6 Å². The van der Waals surface area contributed by atoms with Gasteiger partial charge in [-0.25, -0.2) is 0 Å². The molecule has 2 aliphatic heterocycles. The highest BCUT2D eigenvalue weighted by molar-refractivity contribution is 5.97. The lowest BCUT2D eigenvalue weighted by atomic mass is 9.65. The zero-order valence-corrected chi connectivity index (χ0v) is 18.2. The van der Waals surface area contributed by atoms with E-state index in [1.165, 1.54) is 12.8 Å². The number of fused-ring (bicyclic) bond motifs is 4. The number of carbonyl (C=O) groups is 2. The van der Waals surface area contributed by atoms with Gasteiger partial charge >= 0.3 is 0 Å². The minimum atomic E-state index is 0.0669. The second-order valence-electron chi connectivity index (χ2n) is 12.6. The Labute approximate surface area is 165 Å². The van der Waals surface area contributed by atoms with Crippen LogP contribution in [-0.4, -0.2) is 46.8 Å². The quantitative estimate of drug-likeness (QED) is 0.679. The monoisotopic (exact) mass is 374 g/mol. The molecular formula is C23H38N2O2. The lowest BCUT2D eigenvalue weighted by molar-refractivity contribution is -0.141. The molecular weight excluding hydrogens is 336 g/mol. The zero-order valence-electron chi connectivity index (χ0n) is 18.2. The van der Waals surface area contributed by atoms with E-state index < -0.39 is 0 Å². The van der Waals surface area contributed by atoms with E-state index in [4.69, 9.17) is 0 Å². The van der Waals surface area contributed by atoms with Gasteiger partial charge in [0.1, 0.15) is 6.42 Å². The molecule has 0 aromatic rings. The van der Waals surface area contributed by atoms with Crippen LogP contribution in [-0.2, 0) is 9.59 Å². The number of rotatable bonds is 2. The van der Waals surface area contributed by atoms with E-state index in [0.29, 0.717) is 22.9 Å². The molecule has 2 amide bonds. The van der Waals surface area contributed by atoms with Crippen molar-refractivity contribution < 1.29 is 9.59 Å². The third-order valence-electron chi connectivity index (χ3n) is 7.77. The van der Waals surface area contributed by atoms with Crippen molar-refractivity contribution >= 4 is 11.8 Å². The standard InChI is InChI=1S/C23H38N2O2/c1-20(2)8-16-10-22(5,12-20)14-24(16)18(26)7-19(27)25-15-23(6)11-17(25)9-21(3,4)13-23/h16-17H,7-15H2,1-6H3/t16-,17+,22-,23-/m1/s1. The van der Waals surface area contributed by atoms with Gasteiger partial charge in [-0.3, -0.25) is 9.59 Å². The summed E-state index contributed by atoms with van der Waals surface area (Å²) in [5, 5.41) is 0. The molecule has 2 aliphatic carbocycles. The molecule has 4 nitrogen and oxygen atoms in total. The lowest BCUT2D eigenvalue weighted by Gasteiger charge is -2.39. The lowest BCUT2D eigenvalue weighted by Crippen LogP contribution is -2.42. The number of amides is 2. The molecule has 0 radical (unpaired) electrons. The van der Waals surface area contributed by atoms with Crippen molar-refractivity contribution in [3.63, 3.8) is 0 Å². The van der Waals surface area contributed by atoms with Crippen LogP contribution >= 0.6 is 0 Å². The second kappa shape index (κ2) is 5.73. The van der Waals surface area contributed by atoms with Crippen LogP contribution < -0.4 is 0 Å². The maximum absolute atomic E-state index is 13.1. The Balaban J connectivity index is 1.43. The Morgan fingerprint density at radius 3 is 1.44 bits per heavy atom. The van der Waals surface area contributed by atoms with E-state index in [9.17, 15) is 9.59 Å². The van der Waals surface area contributed by atoms with Gasteiger partial charge < -0.3 is 9.80 Å². The van der Waals surface area contributed by atoms with Crippen LogP contribution in [0.1, 0.15) is 86.5 Å². The summed E-state index contributed by atoms with van der Waals surface area (Å²) in [5.41, 5.74) is 1.05. The highest BCUT2D eigenvalue weighted by Crippen LogP contribution is 2.54. The van der Waals surface area contributed by atoms with Crippen LogP contribution in [0.25, 0.3) is 0 Å². The SMILES string of the molecule is CC1(C)C[C@@H]2C[C@@](C)(CN2C(=O)CC(=O)N2C[C@]3(C)C[C@@H]2CC(C)(C)C3)C1. The van der Waals surface area contributed by atoms with Gasteiger partial charge in [0, 0.05) is 25.2 Å². The summed E-state index contributed by atoms with van der Waals surface area (Å²) in [4.78, 5) is 30.3. The van der Waals surface area contributed by atoms with Crippen LogP contribution in [0.5, 0.6) is 0 Å². The van der Waals surface area contributed by atoms with Gasteiger partial charge in [-0.05, 0) is 60.2 Å². The molecule has 0 N–H and O–H groups in total. The number of nitrogens with zero attached hydrogens (tertiary/aromatic N) is 2. The minimum Gasteiger partial charge on any atom is -0.339 e. The van der Waals surface area contributed by atoms with Crippen LogP contribution in [0.15, 0.2) is 0 Å². The van der Waals surface area contributed by atoms with Crippen LogP contribution in [0.2, 0.25) is 0 Å². The Morgan fingerprint density at radius 1 is 0.704 bits per heavy atom. The molecule has 4 bridgehead atoms. The van der Waals surface area contributed by atoms with Gasteiger partial charge in [0.05, 0.1) is 0 Å². The highest BCUT2D eigenvalue weighted by atomic mass is 16.2. The van der Waals surface area contributed by atoms with Crippen LogP contribution in [0, 0.1) is 21.7 Å². The van der Waals surface area contributed by atoms with Gasteiger partial charge in [-0.1, -0.05) is 41.5 Å². The van der Waals surface area contributed by atoms with Crippen molar-refractivity contribution in [3.8, 4) is 0 Å². The maximum atomic E-state index is 13.1. The molecule has 0 aromatic carbocycles. The molecule has 4 fully saturated rings. The Kier molecular flexibility index (Phi) is 4.09. The van der Waals surface area contributed by atoms with Crippen molar-refractivity contribution in [2.75, 3.05) is 13.1 Å². The summed E-state index contributed by atoms with van der Waals surface area (Å²) in [6.07, 6.45) is 6.78. The first-order valence-electron chi connectivity index (χ1n) is 10.9. The number of carbonyl (C=O) groups excluding carboxylic acids is 2. The predicted octanol–water partition coefficient (Wildman–Crippen LogP) is 4.23. The van der Waals surface area contributed by atoms with Gasteiger partial charge in [-0.2, -0.15) is 0 Å². The summed E-state index contributed by atoms with van der Waals surface area (Å²) in [6, 6.07) is 0.654. The summed E-state index contributed by atoms with van der Waals surface area (Å²) in [5.74, 6) is 0.134. The molecule has 0 aromatic heterocycles. The smallest absolute Gasteiger partial charge is 0.232 e. The van der Waals surface area contributed by atoms with Gasteiger partial charge in [0.25, 0.3) is 0 Å². The molecule has 2 saturated carbocycles. The van der Waals surface area contributed by atoms with E-state index in [0.717, 1.165) is 38.8 Å². The summed E-state index contributed by atoms with van der Waals surface area (Å²) in [6.45, 7) is 15.6. The molecule has 4 aliphatic rings. The average Bonchev–Trinajstić information content (AvgIpc) is 2.86. The number of hydrogen-bond acceptors (Lipinski definition) is 2. The van der Waals surface area contributed by atoms with E-state index in [1.54, 1.807) is 0 Å². The molecule has 4 heteroatoms. The summed E-state index contributed by atoms with van der Waals surface area (Å²) >= 11 is 0. The molecule has 2 heterocycles. The third kappa shape index (κ3) is 3.53. The molecule has 2 saturated heterocycles. The fourth-order valence-corrected chi connectivity index (χ4v) is 7.84. The van der Waals surface area contributed by atoms with E-state index in [2.05, 4.69) is 51.3 Å². The first kappa shape index (κ1) is 19.3. The first-order valence-corrected chi connectivity index (χ1v) is 10.9. The highest BCUT2D eigenvalue weighted by Gasteiger charge is 2.53. The summed E-state index contributed by atoms with van der Waals surface area (Å²) in [7, 11) is 0. The van der Waals surface area contributed by atoms with Gasteiger partial charge in [0.15, 0.2) is 0 Å². The molecule has 0 spiro atoms. The largest absolute Gasteiger partial charge is 0.339 e. The Hall–Kier alpha value is -1.06. The van der Waals surface area contributed by atoms with E-state index >= 15 is 0 Å². The Bertz CT molecular complexity index is 613. The zero-order chi connectivity index (χ0) is 19.8. The Morgan fingerprint density at radius 2 is 1.07 bits per heavy atom. The predicted molar refractivity (Wildman–Crippen MR) is 107 cm³/mol. The van der Waals surface area contributed by atoms with Crippen molar-refractivity contribution in [3.05, 3.63) is 0 Å². The van der Waals surface area contributed by atoms with Crippen molar-refractivity contribution in [2.45, 2.75) is 98.6 Å². The molecule has 4 atom stereocenters. The first-order chi connectivity index (χ1) is 12.3.